The number of anilines is 1. The van der Waals surface area contributed by atoms with E-state index in [1.165, 1.54) is 11.3 Å². The van der Waals surface area contributed by atoms with Crippen LogP contribution in [-0.2, 0) is 4.79 Å². The zero-order valence-corrected chi connectivity index (χ0v) is 15.7. The zero-order valence-electron chi connectivity index (χ0n) is 13.3. The molecular formula is C15H18ClN3O2S2. The molecule has 124 valence electrons. The lowest BCUT2D eigenvalue weighted by atomic mass is 10.1. The first-order chi connectivity index (χ1) is 10.9. The first kappa shape index (κ1) is 18.0. The van der Waals surface area contributed by atoms with E-state index in [-0.39, 0.29) is 5.91 Å². The van der Waals surface area contributed by atoms with Gasteiger partial charge in [-0.25, -0.2) is 0 Å². The Morgan fingerprint density at radius 1 is 1.39 bits per heavy atom. The molecule has 1 amide bonds. The molecule has 0 saturated heterocycles. The number of benzene rings is 1. The molecule has 1 N–H and O–H groups in total. The fraction of sp³-hybridized carbons (Fsp3) is 0.400. The monoisotopic (exact) mass is 371 g/mol. The number of rotatable bonds is 6. The van der Waals surface area contributed by atoms with Crippen LogP contribution in [-0.4, -0.2) is 28.0 Å². The highest BCUT2D eigenvalue weighted by molar-refractivity contribution is 8.01. The van der Waals surface area contributed by atoms with Crippen LogP contribution in [0.3, 0.4) is 0 Å². The second kappa shape index (κ2) is 7.99. The Morgan fingerprint density at radius 3 is 2.65 bits per heavy atom. The smallest absolute Gasteiger partial charge is 0.266 e. The number of aryl methyl sites for hydroxylation is 2. The number of thioether (sulfide) groups is 1. The summed E-state index contributed by atoms with van der Waals surface area (Å²) in [4.78, 5) is 12.2. The summed E-state index contributed by atoms with van der Waals surface area (Å²) >= 11 is 9.07. The fourth-order valence-corrected chi connectivity index (χ4v) is 3.64. The second-order valence-electron chi connectivity index (χ2n) is 4.93. The van der Waals surface area contributed by atoms with Crippen LogP contribution in [0.4, 0.5) is 5.13 Å². The Balaban J connectivity index is 1.99. The van der Waals surface area contributed by atoms with Crippen molar-refractivity contribution in [1.29, 1.82) is 0 Å². The standard InChI is InChI=1S/C15H18ClN3O2S2/c1-5-22-15-19-18-14(23-15)17-13(20)10(4)21-11-6-8(2)12(16)9(3)7-11/h6-7,10H,5H2,1-4H3,(H,17,18,20). The fourth-order valence-electron chi connectivity index (χ4n) is 1.88. The lowest BCUT2D eigenvalue weighted by molar-refractivity contribution is -0.122. The van der Waals surface area contributed by atoms with Crippen molar-refractivity contribution in [3.05, 3.63) is 28.3 Å². The lowest BCUT2D eigenvalue weighted by Crippen LogP contribution is -2.30. The minimum Gasteiger partial charge on any atom is -0.481 e. The Morgan fingerprint density at radius 2 is 2.04 bits per heavy atom. The van der Waals surface area contributed by atoms with Gasteiger partial charge < -0.3 is 4.74 Å². The first-order valence-electron chi connectivity index (χ1n) is 7.11. The summed E-state index contributed by atoms with van der Waals surface area (Å²) < 4.78 is 6.53. The average Bonchev–Trinajstić information content (AvgIpc) is 2.92. The molecule has 0 bridgehead atoms. The average molecular weight is 372 g/mol. The quantitative estimate of drug-likeness (QED) is 0.605. The van der Waals surface area contributed by atoms with E-state index in [1.807, 2.05) is 32.9 Å². The van der Waals surface area contributed by atoms with Crippen molar-refractivity contribution in [1.82, 2.24) is 10.2 Å². The van der Waals surface area contributed by atoms with Crippen LogP contribution in [0.25, 0.3) is 0 Å². The van der Waals surface area contributed by atoms with Gasteiger partial charge in [-0.1, -0.05) is 41.6 Å². The van der Waals surface area contributed by atoms with Crippen molar-refractivity contribution in [2.24, 2.45) is 0 Å². The summed E-state index contributed by atoms with van der Waals surface area (Å²) in [5.41, 5.74) is 1.83. The Bertz CT molecular complexity index is 683. The molecule has 23 heavy (non-hydrogen) atoms. The molecule has 0 spiro atoms. The summed E-state index contributed by atoms with van der Waals surface area (Å²) in [5.74, 6) is 1.27. The predicted octanol–water partition coefficient (Wildman–Crippen LogP) is 4.33. The predicted molar refractivity (Wildman–Crippen MR) is 96.0 cm³/mol. The van der Waals surface area contributed by atoms with Crippen LogP contribution in [0.15, 0.2) is 16.5 Å². The summed E-state index contributed by atoms with van der Waals surface area (Å²) in [6, 6.07) is 3.64. The van der Waals surface area contributed by atoms with Gasteiger partial charge >= 0.3 is 0 Å². The third kappa shape index (κ3) is 4.83. The molecule has 8 heteroatoms. The van der Waals surface area contributed by atoms with E-state index in [0.29, 0.717) is 15.9 Å². The van der Waals surface area contributed by atoms with Gasteiger partial charge in [0.2, 0.25) is 5.13 Å². The van der Waals surface area contributed by atoms with Crippen molar-refractivity contribution in [2.45, 2.75) is 38.1 Å². The minimum absolute atomic E-state index is 0.264. The van der Waals surface area contributed by atoms with Crippen LogP contribution in [0.5, 0.6) is 5.75 Å². The summed E-state index contributed by atoms with van der Waals surface area (Å²) in [7, 11) is 0. The van der Waals surface area contributed by atoms with Crippen molar-refractivity contribution >= 4 is 45.7 Å². The Hall–Kier alpha value is -1.31. The van der Waals surface area contributed by atoms with Gasteiger partial charge in [0.1, 0.15) is 5.75 Å². The van der Waals surface area contributed by atoms with Gasteiger partial charge in [0.05, 0.1) is 0 Å². The van der Waals surface area contributed by atoms with E-state index in [1.54, 1.807) is 18.7 Å². The van der Waals surface area contributed by atoms with E-state index in [0.717, 1.165) is 21.2 Å². The summed E-state index contributed by atoms with van der Waals surface area (Å²) in [6.45, 7) is 7.54. The van der Waals surface area contributed by atoms with Crippen molar-refractivity contribution in [3.8, 4) is 5.75 Å². The third-order valence-electron chi connectivity index (χ3n) is 3.00. The van der Waals surface area contributed by atoms with Gasteiger partial charge in [0.25, 0.3) is 5.91 Å². The zero-order chi connectivity index (χ0) is 17.0. The molecule has 5 nitrogen and oxygen atoms in total. The highest BCUT2D eigenvalue weighted by atomic mass is 35.5. The molecule has 1 aromatic carbocycles. The molecule has 0 aliphatic heterocycles. The number of carbonyl (C=O) groups excluding carboxylic acids is 1. The van der Waals surface area contributed by atoms with Crippen molar-refractivity contribution in [3.63, 3.8) is 0 Å². The number of halogens is 1. The number of nitrogens with zero attached hydrogens (tertiary/aromatic N) is 2. The van der Waals surface area contributed by atoms with E-state index in [9.17, 15) is 4.79 Å². The van der Waals surface area contributed by atoms with E-state index in [2.05, 4.69) is 15.5 Å². The molecule has 2 rings (SSSR count). The van der Waals surface area contributed by atoms with Gasteiger partial charge in [0.15, 0.2) is 10.4 Å². The van der Waals surface area contributed by atoms with Crippen LogP contribution in [0, 0.1) is 13.8 Å². The number of aromatic nitrogens is 2. The molecule has 1 atom stereocenters. The number of nitrogens with one attached hydrogen (secondary N) is 1. The maximum absolute atomic E-state index is 12.2. The van der Waals surface area contributed by atoms with E-state index < -0.39 is 6.10 Å². The Labute approximate surface area is 148 Å². The number of hydrogen-bond acceptors (Lipinski definition) is 6. The van der Waals surface area contributed by atoms with Gasteiger partial charge in [-0.15, -0.1) is 10.2 Å². The van der Waals surface area contributed by atoms with Crippen molar-refractivity contribution < 1.29 is 9.53 Å². The third-order valence-corrected chi connectivity index (χ3v) is 5.45. The van der Waals surface area contributed by atoms with Crippen molar-refractivity contribution in [2.75, 3.05) is 11.1 Å². The van der Waals surface area contributed by atoms with Gasteiger partial charge in [-0.05, 0) is 49.8 Å². The van der Waals surface area contributed by atoms with Crippen LogP contribution >= 0.6 is 34.7 Å². The SMILES string of the molecule is CCSc1nnc(NC(=O)C(C)Oc2cc(C)c(Cl)c(C)c2)s1. The van der Waals surface area contributed by atoms with Gasteiger partial charge in [0, 0.05) is 5.02 Å². The molecule has 0 fully saturated rings. The van der Waals surface area contributed by atoms with E-state index in [4.69, 9.17) is 16.3 Å². The molecule has 1 heterocycles. The summed E-state index contributed by atoms with van der Waals surface area (Å²) in [6.07, 6.45) is -0.652. The second-order valence-corrected chi connectivity index (χ2v) is 7.79. The highest BCUT2D eigenvalue weighted by Gasteiger charge is 2.17. The maximum atomic E-state index is 12.2. The molecule has 0 saturated carbocycles. The Kier molecular flexibility index (Phi) is 6.26. The van der Waals surface area contributed by atoms with Crippen LogP contribution in [0.1, 0.15) is 25.0 Å². The molecule has 1 unspecified atom stereocenters. The number of hydrogen-bond donors (Lipinski definition) is 1. The van der Waals surface area contributed by atoms with E-state index >= 15 is 0 Å². The summed E-state index contributed by atoms with van der Waals surface area (Å²) in [5, 5.41) is 11.9. The first-order valence-corrected chi connectivity index (χ1v) is 9.29. The molecule has 1 aromatic heterocycles. The van der Waals surface area contributed by atoms with Crippen LogP contribution in [0.2, 0.25) is 5.02 Å². The van der Waals surface area contributed by atoms with Crippen LogP contribution < -0.4 is 10.1 Å². The molecular weight excluding hydrogens is 354 g/mol. The topological polar surface area (TPSA) is 64.1 Å². The number of carbonyl (C=O) groups is 1. The normalized spacial score (nSPS) is 12.0. The minimum atomic E-state index is -0.652. The largest absolute Gasteiger partial charge is 0.481 e. The lowest BCUT2D eigenvalue weighted by Gasteiger charge is -2.15. The van der Waals surface area contributed by atoms with Gasteiger partial charge in [-0.3, -0.25) is 10.1 Å². The molecule has 0 aliphatic rings. The molecule has 0 radical (unpaired) electrons. The molecule has 0 aliphatic carbocycles. The molecule has 2 aromatic rings. The maximum Gasteiger partial charge on any atom is 0.266 e. The number of amides is 1. The highest BCUT2D eigenvalue weighted by Crippen LogP contribution is 2.27. The van der Waals surface area contributed by atoms with Gasteiger partial charge in [-0.2, -0.15) is 0 Å². The number of ether oxygens (including phenoxy) is 1.